The maximum atomic E-state index is 11.1. The number of aromatic hydroxyl groups is 1. The van der Waals surface area contributed by atoms with E-state index < -0.39 is 5.97 Å². The molecule has 104 valence electrons. The molecule has 3 nitrogen and oxygen atoms in total. The molecule has 0 saturated heterocycles. The van der Waals surface area contributed by atoms with E-state index in [-0.39, 0.29) is 11.2 Å². The van der Waals surface area contributed by atoms with Crippen molar-refractivity contribution in [2.24, 2.45) is 0 Å². The number of rotatable bonds is 3. The highest BCUT2D eigenvalue weighted by molar-refractivity contribution is 5.92. The van der Waals surface area contributed by atoms with Crippen LogP contribution in [-0.4, -0.2) is 16.2 Å². The zero-order valence-electron chi connectivity index (χ0n) is 12.2. The predicted octanol–water partition coefficient (Wildman–Crippen LogP) is 3.88. The molecule has 0 aromatic heterocycles. The summed E-state index contributed by atoms with van der Waals surface area (Å²) in [5, 5.41) is 19.2. The zero-order valence-corrected chi connectivity index (χ0v) is 12.2. The maximum absolute atomic E-state index is 11.1. The molecule has 0 heterocycles. The number of phenolic OH excluding ortho intramolecular Hbond substituents is 1. The largest absolute Gasteiger partial charge is 0.507 e. The van der Waals surface area contributed by atoms with Gasteiger partial charge in [0.2, 0.25) is 0 Å². The number of aliphatic carboxylic acids is 1. The molecule has 0 spiro atoms. The molecule has 2 N–H and O–H groups in total. The summed E-state index contributed by atoms with van der Waals surface area (Å²) in [5.74, 6) is -0.608. The number of benzene rings is 1. The Labute approximate surface area is 114 Å². The standard InChI is InChI=1S/C16H22O3/c1-6-12(15(18)19)8-11-7-10(2)14(17)13(9-11)16(3,4)5/h7-9,17H,6H2,1-5H3,(H,18,19). The molecule has 0 radical (unpaired) electrons. The van der Waals surface area contributed by atoms with Crippen LogP contribution in [-0.2, 0) is 10.2 Å². The summed E-state index contributed by atoms with van der Waals surface area (Å²) in [4.78, 5) is 11.1. The van der Waals surface area contributed by atoms with Gasteiger partial charge in [-0.2, -0.15) is 0 Å². The molecule has 3 heteroatoms. The minimum Gasteiger partial charge on any atom is -0.507 e. The average Bonchev–Trinajstić information content (AvgIpc) is 2.28. The minimum atomic E-state index is -0.898. The van der Waals surface area contributed by atoms with Gasteiger partial charge in [-0.1, -0.05) is 27.7 Å². The van der Waals surface area contributed by atoms with E-state index in [1.54, 1.807) is 6.08 Å². The number of carboxylic acids is 1. The van der Waals surface area contributed by atoms with Gasteiger partial charge in [-0.05, 0) is 48.1 Å². The van der Waals surface area contributed by atoms with Crippen molar-refractivity contribution in [2.45, 2.75) is 46.5 Å². The van der Waals surface area contributed by atoms with E-state index in [9.17, 15) is 9.90 Å². The number of hydrogen-bond donors (Lipinski definition) is 2. The lowest BCUT2D eigenvalue weighted by Crippen LogP contribution is -2.12. The van der Waals surface area contributed by atoms with Gasteiger partial charge in [-0.3, -0.25) is 0 Å². The number of carboxylic acid groups (broad SMARTS) is 1. The average molecular weight is 262 g/mol. The van der Waals surface area contributed by atoms with E-state index in [0.29, 0.717) is 12.0 Å². The first-order valence-corrected chi connectivity index (χ1v) is 6.44. The highest BCUT2D eigenvalue weighted by atomic mass is 16.4. The van der Waals surface area contributed by atoms with E-state index in [0.717, 1.165) is 16.7 Å². The zero-order chi connectivity index (χ0) is 14.8. The van der Waals surface area contributed by atoms with Gasteiger partial charge in [0.05, 0.1) is 0 Å². The van der Waals surface area contributed by atoms with Gasteiger partial charge in [0.25, 0.3) is 0 Å². The van der Waals surface area contributed by atoms with Crippen molar-refractivity contribution in [3.63, 3.8) is 0 Å². The van der Waals surface area contributed by atoms with Crippen LogP contribution < -0.4 is 0 Å². The van der Waals surface area contributed by atoms with E-state index >= 15 is 0 Å². The molecule has 0 atom stereocenters. The fourth-order valence-corrected chi connectivity index (χ4v) is 1.98. The van der Waals surface area contributed by atoms with Gasteiger partial charge < -0.3 is 10.2 Å². The summed E-state index contributed by atoms with van der Waals surface area (Å²) in [6.07, 6.45) is 2.14. The Kier molecular flexibility index (Phi) is 4.40. The van der Waals surface area contributed by atoms with Crippen LogP contribution in [0.2, 0.25) is 0 Å². The van der Waals surface area contributed by atoms with Crippen LogP contribution in [0.4, 0.5) is 0 Å². The van der Waals surface area contributed by atoms with Gasteiger partial charge in [-0.25, -0.2) is 4.79 Å². The first-order valence-electron chi connectivity index (χ1n) is 6.44. The lowest BCUT2D eigenvalue weighted by Gasteiger charge is -2.22. The summed E-state index contributed by atoms with van der Waals surface area (Å²) >= 11 is 0. The molecule has 1 rings (SSSR count). The summed E-state index contributed by atoms with van der Waals surface area (Å²) in [7, 11) is 0. The van der Waals surface area contributed by atoms with Crippen LogP contribution in [0.3, 0.4) is 0 Å². The van der Waals surface area contributed by atoms with Gasteiger partial charge in [0.15, 0.2) is 0 Å². The van der Waals surface area contributed by atoms with Crippen molar-refractivity contribution in [1.29, 1.82) is 0 Å². The molecule has 1 aromatic carbocycles. The molecular weight excluding hydrogens is 240 g/mol. The fourth-order valence-electron chi connectivity index (χ4n) is 1.98. The van der Waals surface area contributed by atoms with Gasteiger partial charge in [0, 0.05) is 11.1 Å². The molecule has 0 fully saturated rings. The summed E-state index contributed by atoms with van der Waals surface area (Å²) < 4.78 is 0. The maximum Gasteiger partial charge on any atom is 0.331 e. The van der Waals surface area contributed by atoms with E-state index in [4.69, 9.17) is 5.11 Å². The molecule has 0 unspecified atom stereocenters. The Morgan fingerprint density at radius 2 is 1.89 bits per heavy atom. The topological polar surface area (TPSA) is 57.5 Å². The molecule has 1 aromatic rings. The Balaban J connectivity index is 3.40. The van der Waals surface area contributed by atoms with E-state index in [1.807, 2.05) is 46.8 Å². The molecular formula is C16H22O3. The second-order valence-corrected chi connectivity index (χ2v) is 5.81. The van der Waals surface area contributed by atoms with Crippen molar-refractivity contribution in [1.82, 2.24) is 0 Å². The second kappa shape index (κ2) is 5.47. The monoisotopic (exact) mass is 262 g/mol. The lowest BCUT2D eigenvalue weighted by atomic mass is 9.84. The molecule has 0 aliphatic rings. The summed E-state index contributed by atoms with van der Waals surface area (Å²) in [6, 6.07) is 3.67. The normalized spacial score (nSPS) is 12.6. The highest BCUT2D eigenvalue weighted by Crippen LogP contribution is 2.34. The molecule has 19 heavy (non-hydrogen) atoms. The molecule has 0 aliphatic heterocycles. The number of hydrogen-bond acceptors (Lipinski definition) is 2. The first kappa shape index (κ1) is 15.3. The third-order valence-electron chi connectivity index (χ3n) is 3.13. The second-order valence-electron chi connectivity index (χ2n) is 5.81. The third-order valence-corrected chi connectivity index (χ3v) is 3.13. The minimum absolute atomic E-state index is 0.186. The lowest BCUT2D eigenvalue weighted by molar-refractivity contribution is -0.132. The van der Waals surface area contributed by atoms with Gasteiger partial charge >= 0.3 is 5.97 Å². The quantitative estimate of drug-likeness (QED) is 0.813. The van der Waals surface area contributed by atoms with Crippen molar-refractivity contribution in [2.75, 3.05) is 0 Å². The van der Waals surface area contributed by atoms with Crippen molar-refractivity contribution in [3.05, 3.63) is 34.4 Å². The van der Waals surface area contributed by atoms with Crippen LogP contribution >= 0.6 is 0 Å². The molecule has 0 aliphatic carbocycles. The number of phenols is 1. The van der Waals surface area contributed by atoms with Gasteiger partial charge in [0.1, 0.15) is 5.75 Å². The molecule has 0 amide bonds. The van der Waals surface area contributed by atoms with Crippen molar-refractivity contribution < 1.29 is 15.0 Å². The van der Waals surface area contributed by atoms with Gasteiger partial charge in [-0.15, -0.1) is 0 Å². The van der Waals surface area contributed by atoms with E-state index in [1.165, 1.54) is 0 Å². The van der Waals surface area contributed by atoms with E-state index in [2.05, 4.69) is 0 Å². The summed E-state index contributed by atoms with van der Waals surface area (Å²) in [6.45, 7) is 9.71. The molecule has 0 bridgehead atoms. The first-order chi connectivity index (χ1) is 8.66. The van der Waals surface area contributed by atoms with Crippen LogP contribution in [0.5, 0.6) is 5.75 Å². The van der Waals surface area contributed by atoms with Crippen molar-refractivity contribution in [3.8, 4) is 5.75 Å². The SMILES string of the molecule is CCC(=Cc1cc(C)c(O)c(C(C)(C)C)c1)C(=O)O. The number of aryl methyl sites for hydroxylation is 1. The fraction of sp³-hybridized carbons (Fsp3) is 0.438. The third kappa shape index (κ3) is 3.60. The van der Waals surface area contributed by atoms with Crippen LogP contribution in [0.25, 0.3) is 6.08 Å². The van der Waals surface area contributed by atoms with Crippen LogP contribution in [0.1, 0.15) is 50.8 Å². The Hall–Kier alpha value is -1.77. The van der Waals surface area contributed by atoms with Crippen LogP contribution in [0, 0.1) is 6.92 Å². The highest BCUT2D eigenvalue weighted by Gasteiger charge is 2.20. The molecule has 0 saturated carbocycles. The smallest absolute Gasteiger partial charge is 0.331 e. The van der Waals surface area contributed by atoms with Crippen molar-refractivity contribution >= 4 is 12.0 Å². The Morgan fingerprint density at radius 3 is 2.32 bits per heavy atom. The number of carbonyl (C=O) groups is 1. The predicted molar refractivity (Wildman–Crippen MR) is 77.4 cm³/mol. The summed E-state index contributed by atoms with van der Waals surface area (Å²) in [5.41, 5.74) is 2.59. The Bertz CT molecular complexity index is 520. The van der Waals surface area contributed by atoms with Crippen LogP contribution in [0.15, 0.2) is 17.7 Å². The Morgan fingerprint density at radius 1 is 1.32 bits per heavy atom.